The average molecular weight is 265 g/mol. The molecule has 2 aliphatic rings. The maximum absolute atomic E-state index is 12.2. The van der Waals surface area contributed by atoms with E-state index in [4.69, 9.17) is 4.42 Å². The van der Waals surface area contributed by atoms with Crippen molar-refractivity contribution in [2.24, 2.45) is 5.92 Å². The number of furan rings is 1. The standard InChI is InChI=1S/C12H15N3O4/c16-12(10-1-2-11(19-10)15(17)18)14-6-4-9-8(7-14)3-5-13-9/h1-2,8-9,13H,3-7H2. The molecule has 2 fully saturated rings. The van der Waals surface area contributed by atoms with Crippen molar-refractivity contribution in [1.29, 1.82) is 0 Å². The number of nitro groups is 1. The molecule has 1 N–H and O–H groups in total. The van der Waals surface area contributed by atoms with Crippen molar-refractivity contribution >= 4 is 11.8 Å². The van der Waals surface area contributed by atoms with E-state index in [1.54, 1.807) is 4.90 Å². The molecule has 0 saturated carbocycles. The number of rotatable bonds is 2. The first-order valence-corrected chi connectivity index (χ1v) is 6.42. The summed E-state index contributed by atoms with van der Waals surface area (Å²) in [5.74, 6) is -0.0991. The van der Waals surface area contributed by atoms with E-state index in [2.05, 4.69) is 5.32 Å². The van der Waals surface area contributed by atoms with Crippen molar-refractivity contribution in [3.05, 3.63) is 28.0 Å². The van der Waals surface area contributed by atoms with E-state index in [0.29, 0.717) is 25.0 Å². The van der Waals surface area contributed by atoms with Gasteiger partial charge in [0.2, 0.25) is 0 Å². The van der Waals surface area contributed by atoms with Gasteiger partial charge in [0.15, 0.2) is 5.76 Å². The summed E-state index contributed by atoms with van der Waals surface area (Å²) >= 11 is 0. The molecule has 3 rings (SSSR count). The molecular weight excluding hydrogens is 250 g/mol. The van der Waals surface area contributed by atoms with Crippen LogP contribution in [0.3, 0.4) is 0 Å². The number of amides is 1. The Labute approximate surface area is 109 Å². The second-order valence-corrected chi connectivity index (χ2v) is 5.04. The minimum Gasteiger partial charge on any atom is -0.395 e. The van der Waals surface area contributed by atoms with Gasteiger partial charge in [-0.3, -0.25) is 14.9 Å². The molecule has 1 aromatic rings. The van der Waals surface area contributed by atoms with Crippen LogP contribution in [0.5, 0.6) is 0 Å². The fraction of sp³-hybridized carbons (Fsp3) is 0.583. The summed E-state index contributed by atoms with van der Waals surface area (Å²) < 4.78 is 4.97. The Bertz CT molecular complexity index is 513. The number of fused-ring (bicyclic) bond motifs is 1. The molecule has 0 bridgehead atoms. The van der Waals surface area contributed by atoms with Gasteiger partial charge in [0, 0.05) is 19.1 Å². The molecule has 2 atom stereocenters. The minimum atomic E-state index is -0.635. The molecule has 7 heteroatoms. The summed E-state index contributed by atoms with van der Waals surface area (Å²) in [5, 5.41) is 14.0. The van der Waals surface area contributed by atoms with Gasteiger partial charge in [0.1, 0.15) is 4.92 Å². The average Bonchev–Trinajstić information content (AvgIpc) is 3.06. The molecule has 0 aromatic carbocycles. The van der Waals surface area contributed by atoms with E-state index in [0.717, 1.165) is 19.4 Å². The van der Waals surface area contributed by atoms with Crippen molar-refractivity contribution < 1.29 is 14.1 Å². The Hall–Kier alpha value is -1.89. The molecule has 2 unspecified atom stereocenters. The zero-order valence-electron chi connectivity index (χ0n) is 10.4. The van der Waals surface area contributed by atoms with Crippen molar-refractivity contribution in [3.8, 4) is 0 Å². The topological polar surface area (TPSA) is 88.6 Å². The van der Waals surface area contributed by atoms with Crippen LogP contribution in [0.4, 0.5) is 5.88 Å². The molecule has 2 aliphatic heterocycles. The molecule has 0 spiro atoms. The van der Waals surface area contributed by atoms with Crippen LogP contribution < -0.4 is 5.32 Å². The summed E-state index contributed by atoms with van der Waals surface area (Å²) in [4.78, 5) is 23.9. The van der Waals surface area contributed by atoms with Gasteiger partial charge >= 0.3 is 5.88 Å². The number of hydrogen-bond acceptors (Lipinski definition) is 5. The first-order chi connectivity index (χ1) is 9.15. The van der Waals surface area contributed by atoms with Crippen molar-refractivity contribution in [3.63, 3.8) is 0 Å². The third-order valence-electron chi connectivity index (χ3n) is 3.93. The molecule has 1 aromatic heterocycles. The lowest BCUT2D eigenvalue weighted by atomic mass is 9.93. The Morgan fingerprint density at radius 3 is 3.05 bits per heavy atom. The van der Waals surface area contributed by atoms with Gasteiger partial charge in [-0.1, -0.05) is 0 Å². The molecule has 2 saturated heterocycles. The predicted octanol–water partition coefficient (Wildman–Crippen LogP) is 1.01. The lowest BCUT2D eigenvalue weighted by Gasteiger charge is -2.34. The van der Waals surface area contributed by atoms with Crippen LogP contribution in [-0.4, -0.2) is 41.4 Å². The number of carbonyl (C=O) groups is 1. The smallest absolute Gasteiger partial charge is 0.395 e. The number of hydrogen-bond donors (Lipinski definition) is 1. The van der Waals surface area contributed by atoms with E-state index >= 15 is 0 Å². The largest absolute Gasteiger partial charge is 0.433 e. The molecule has 3 heterocycles. The van der Waals surface area contributed by atoms with Crippen LogP contribution in [0.25, 0.3) is 0 Å². The molecule has 0 radical (unpaired) electrons. The van der Waals surface area contributed by atoms with Crippen LogP contribution >= 0.6 is 0 Å². The zero-order chi connectivity index (χ0) is 13.4. The van der Waals surface area contributed by atoms with E-state index in [1.807, 2.05) is 0 Å². The summed E-state index contributed by atoms with van der Waals surface area (Å²) in [6.45, 7) is 2.37. The highest BCUT2D eigenvalue weighted by atomic mass is 16.6. The Kier molecular flexibility index (Phi) is 2.98. The van der Waals surface area contributed by atoms with Gasteiger partial charge in [0.25, 0.3) is 5.91 Å². The highest BCUT2D eigenvalue weighted by Crippen LogP contribution is 2.26. The summed E-state index contributed by atoms with van der Waals surface area (Å²) in [6, 6.07) is 3.10. The van der Waals surface area contributed by atoms with Crippen LogP contribution in [0.2, 0.25) is 0 Å². The summed E-state index contributed by atoms with van der Waals surface area (Å²) in [5.41, 5.74) is 0. The predicted molar refractivity (Wildman–Crippen MR) is 65.8 cm³/mol. The molecule has 19 heavy (non-hydrogen) atoms. The first-order valence-electron chi connectivity index (χ1n) is 6.42. The van der Waals surface area contributed by atoms with E-state index in [1.165, 1.54) is 12.1 Å². The number of piperidine rings is 1. The number of carbonyl (C=O) groups excluding carboxylic acids is 1. The molecule has 0 aliphatic carbocycles. The lowest BCUT2D eigenvalue weighted by molar-refractivity contribution is -0.402. The van der Waals surface area contributed by atoms with Gasteiger partial charge in [-0.25, -0.2) is 0 Å². The van der Waals surface area contributed by atoms with Crippen LogP contribution in [0.15, 0.2) is 16.5 Å². The van der Waals surface area contributed by atoms with Crippen molar-refractivity contribution in [1.82, 2.24) is 10.2 Å². The van der Waals surface area contributed by atoms with Crippen LogP contribution in [-0.2, 0) is 0 Å². The van der Waals surface area contributed by atoms with E-state index < -0.39 is 4.92 Å². The molecule has 102 valence electrons. The van der Waals surface area contributed by atoms with Gasteiger partial charge in [-0.05, 0) is 31.4 Å². The Morgan fingerprint density at radius 2 is 2.32 bits per heavy atom. The van der Waals surface area contributed by atoms with Gasteiger partial charge in [-0.15, -0.1) is 0 Å². The van der Waals surface area contributed by atoms with Crippen molar-refractivity contribution in [2.75, 3.05) is 19.6 Å². The van der Waals surface area contributed by atoms with Gasteiger partial charge in [-0.2, -0.15) is 0 Å². The summed E-state index contributed by atoms with van der Waals surface area (Å²) in [7, 11) is 0. The highest BCUT2D eigenvalue weighted by molar-refractivity contribution is 5.91. The van der Waals surface area contributed by atoms with Crippen LogP contribution in [0.1, 0.15) is 23.4 Å². The minimum absolute atomic E-state index is 0.0520. The zero-order valence-corrected chi connectivity index (χ0v) is 10.4. The quantitative estimate of drug-likeness (QED) is 0.637. The lowest BCUT2D eigenvalue weighted by Crippen LogP contribution is -2.46. The second kappa shape index (κ2) is 4.65. The third-order valence-corrected chi connectivity index (χ3v) is 3.93. The van der Waals surface area contributed by atoms with E-state index in [-0.39, 0.29) is 17.6 Å². The summed E-state index contributed by atoms with van der Waals surface area (Å²) in [6.07, 6.45) is 2.01. The number of nitrogens with one attached hydrogen (secondary N) is 1. The van der Waals surface area contributed by atoms with Gasteiger partial charge in [0.05, 0.1) is 6.07 Å². The first kappa shape index (κ1) is 12.2. The SMILES string of the molecule is O=C(c1ccc([N+](=O)[O-])o1)N1CCC2NCCC2C1. The monoisotopic (exact) mass is 265 g/mol. The molecular formula is C12H15N3O4. The molecule has 7 nitrogen and oxygen atoms in total. The fourth-order valence-corrected chi connectivity index (χ4v) is 2.93. The van der Waals surface area contributed by atoms with Crippen LogP contribution in [0, 0.1) is 16.0 Å². The second-order valence-electron chi connectivity index (χ2n) is 5.04. The molecule has 1 amide bonds. The highest BCUT2D eigenvalue weighted by Gasteiger charge is 2.35. The maximum Gasteiger partial charge on any atom is 0.433 e. The van der Waals surface area contributed by atoms with Crippen molar-refractivity contribution in [2.45, 2.75) is 18.9 Å². The number of likely N-dealkylation sites (tertiary alicyclic amines) is 1. The number of nitrogens with zero attached hydrogens (tertiary/aromatic N) is 2. The van der Waals surface area contributed by atoms with Gasteiger partial charge < -0.3 is 14.6 Å². The Morgan fingerprint density at radius 1 is 1.47 bits per heavy atom. The maximum atomic E-state index is 12.2. The van der Waals surface area contributed by atoms with E-state index in [9.17, 15) is 14.9 Å². The fourth-order valence-electron chi connectivity index (χ4n) is 2.93. The Balaban J connectivity index is 1.71. The normalized spacial score (nSPS) is 26.2. The third kappa shape index (κ3) is 2.21.